The van der Waals surface area contributed by atoms with Gasteiger partial charge in [0, 0.05) is 23.3 Å². The summed E-state index contributed by atoms with van der Waals surface area (Å²) in [5.41, 5.74) is 4.82. The van der Waals surface area contributed by atoms with E-state index in [9.17, 15) is 0 Å². The van der Waals surface area contributed by atoms with Crippen LogP contribution in [-0.2, 0) is 16.8 Å². The third-order valence-electron chi connectivity index (χ3n) is 3.49. The van der Waals surface area contributed by atoms with E-state index < -0.39 is 0 Å². The Bertz CT molecular complexity index is 722. The minimum atomic E-state index is 0. The largest absolute Gasteiger partial charge is 0.402 e. The van der Waals surface area contributed by atoms with Crippen molar-refractivity contribution in [1.29, 1.82) is 0 Å². The molecule has 0 unspecified atom stereocenters. The quantitative estimate of drug-likeness (QED) is 0.500. The van der Waals surface area contributed by atoms with Gasteiger partial charge in [-0.05, 0) is 22.8 Å². The first-order chi connectivity index (χ1) is 10.9. The second kappa shape index (κ2) is 8.98. The van der Waals surface area contributed by atoms with Crippen molar-refractivity contribution in [3.05, 3.63) is 102 Å². The zero-order valence-corrected chi connectivity index (χ0v) is 13.7. The zero-order valence-electron chi connectivity index (χ0n) is 12.7. The van der Waals surface area contributed by atoms with Crippen molar-refractivity contribution in [2.24, 2.45) is 0 Å². The van der Waals surface area contributed by atoms with Crippen molar-refractivity contribution in [3.8, 4) is 0 Å². The van der Waals surface area contributed by atoms with Gasteiger partial charge in [0.15, 0.2) is 0 Å². The van der Waals surface area contributed by atoms with E-state index >= 15 is 0 Å². The topological polar surface area (TPSA) is 12.0 Å². The monoisotopic (exact) mass is 343 g/mol. The van der Waals surface area contributed by atoms with Crippen LogP contribution in [0, 0.1) is 6.07 Å². The standard InChI is InChI=1S/C21H18N.Co/c1-4-10-18(11-5-1)16-20(19-12-6-2-7-13-19)17-22-21-14-8-3-9-15-21;/h1-2,4-16,22H,17H2;/q-1;/b20-16-;. The van der Waals surface area contributed by atoms with Crippen LogP contribution in [0.5, 0.6) is 0 Å². The first-order valence-corrected chi connectivity index (χ1v) is 7.43. The van der Waals surface area contributed by atoms with Crippen LogP contribution < -0.4 is 5.32 Å². The van der Waals surface area contributed by atoms with E-state index in [1.54, 1.807) is 0 Å². The van der Waals surface area contributed by atoms with Crippen molar-refractivity contribution in [2.45, 2.75) is 0 Å². The second-order valence-electron chi connectivity index (χ2n) is 5.09. The molecule has 0 heterocycles. The van der Waals surface area contributed by atoms with Crippen LogP contribution in [0.2, 0.25) is 0 Å². The molecule has 1 nitrogen and oxygen atoms in total. The molecule has 0 amide bonds. The third kappa shape index (κ3) is 5.13. The van der Waals surface area contributed by atoms with Crippen LogP contribution in [-0.4, -0.2) is 6.54 Å². The van der Waals surface area contributed by atoms with Gasteiger partial charge in [-0.2, -0.15) is 18.2 Å². The maximum Gasteiger partial charge on any atom is 0.0386 e. The molecule has 1 radical (unpaired) electrons. The van der Waals surface area contributed by atoms with Gasteiger partial charge in [-0.15, -0.1) is 12.1 Å². The average Bonchev–Trinajstić information content (AvgIpc) is 2.61. The summed E-state index contributed by atoms with van der Waals surface area (Å²) in [6, 6.07) is 31.9. The van der Waals surface area contributed by atoms with Gasteiger partial charge in [0.25, 0.3) is 0 Å². The molecule has 3 aromatic rings. The van der Waals surface area contributed by atoms with Gasteiger partial charge in [-0.1, -0.05) is 66.4 Å². The molecule has 0 atom stereocenters. The van der Waals surface area contributed by atoms with Crippen LogP contribution in [0.15, 0.2) is 84.9 Å². The summed E-state index contributed by atoms with van der Waals surface area (Å²) in [6.45, 7) is 0.781. The fourth-order valence-corrected chi connectivity index (χ4v) is 2.34. The molecular formula is C21H18CoN-. The normalized spacial score (nSPS) is 10.7. The van der Waals surface area contributed by atoms with Crippen molar-refractivity contribution < 1.29 is 16.8 Å². The molecule has 117 valence electrons. The Morgan fingerprint density at radius 1 is 0.826 bits per heavy atom. The number of hydrogen-bond acceptors (Lipinski definition) is 1. The number of anilines is 1. The Kier molecular flexibility index (Phi) is 6.67. The van der Waals surface area contributed by atoms with E-state index in [4.69, 9.17) is 0 Å². The summed E-state index contributed by atoms with van der Waals surface area (Å²) in [5.74, 6) is 0. The van der Waals surface area contributed by atoms with Gasteiger partial charge >= 0.3 is 0 Å². The van der Waals surface area contributed by atoms with E-state index in [2.05, 4.69) is 66.0 Å². The number of benzene rings is 3. The Hall–Kier alpha value is -2.29. The maximum atomic E-state index is 3.48. The van der Waals surface area contributed by atoms with Gasteiger partial charge < -0.3 is 5.32 Å². The minimum Gasteiger partial charge on any atom is -0.402 e. The molecule has 0 saturated heterocycles. The first kappa shape index (κ1) is 17.1. The molecule has 0 aromatic heterocycles. The van der Waals surface area contributed by atoms with Crippen molar-refractivity contribution >= 4 is 17.3 Å². The molecule has 2 heteroatoms. The molecule has 1 N–H and O–H groups in total. The summed E-state index contributed by atoms with van der Waals surface area (Å²) >= 11 is 0. The Morgan fingerprint density at radius 2 is 1.43 bits per heavy atom. The van der Waals surface area contributed by atoms with Gasteiger partial charge in [-0.3, -0.25) is 0 Å². The molecule has 0 saturated carbocycles. The predicted molar refractivity (Wildman–Crippen MR) is 94.5 cm³/mol. The summed E-state index contributed by atoms with van der Waals surface area (Å²) in [7, 11) is 0. The SMILES string of the molecule is [Co].[c-]1ccc(NC/C(=C/c2ccccc2)c2ccccc2)cc1. The number of hydrogen-bond donors (Lipinski definition) is 1. The van der Waals surface area contributed by atoms with Crippen molar-refractivity contribution in [1.82, 2.24) is 0 Å². The zero-order chi connectivity index (χ0) is 15.0. The van der Waals surface area contributed by atoms with Crippen molar-refractivity contribution in [3.63, 3.8) is 0 Å². The molecular weight excluding hydrogens is 325 g/mol. The van der Waals surface area contributed by atoms with Gasteiger partial charge in [0.2, 0.25) is 0 Å². The Morgan fingerprint density at radius 3 is 2.09 bits per heavy atom. The molecule has 0 aliphatic carbocycles. The van der Waals surface area contributed by atoms with E-state index in [0.717, 1.165) is 12.2 Å². The average molecular weight is 343 g/mol. The maximum absolute atomic E-state index is 3.48. The van der Waals surface area contributed by atoms with Gasteiger partial charge in [-0.25, -0.2) is 0 Å². The van der Waals surface area contributed by atoms with Crippen LogP contribution in [0.3, 0.4) is 0 Å². The van der Waals surface area contributed by atoms with E-state index in [1.807, 2.05) is 36.4 Å². The second-order valence-corrected chi connectivity index (χ2v) is 5.09. The van der Waals surface area contributed by atoms with Crippen LogP contribution >= 0.6 is 0 Å². The predicted octanol–water partition coefficient (Wildman–Crippen LogP) is 5.14. The smallest absolute Gasteiger partial charge is 0.0386 e. The minimum absolute atomic E-state index is 0. The van der Waals surface area contributed by atoms with Crippen molar-refractivity contribution in [2.75, 3.05) is 11.9 Å². The summed E-state index contributed by atoms with van der Waals surface area (Å²) in [5, 5.41) is 3.48. The molecule has 0 aliphatic heterocycles. The fourth-order valence-electron chi connectivity index (χ4n) is 2.34. The first-order valence-electron chi connectivity index (χ1n) is 7.43. The molecule has 3 rings (SSSR count). The van der Waals surface area contributed by atoms with Crippen LogP contribution in [0.1, 0.15) is 11.1 Å². The van der Waals surface area contributed by atoms with E-state index in [0.29, 0.717) is 0 Å². The summed E-state index contributed by atoms with van der Waals surface area (Å²) < 4.78 is 0. The molecule has 0 bridgehead atoms. The Labute approximate surface area is 148 Å². The number of rotatable bonds is 5. The molecule has 0 fully saturated rings. The van der Waals surface area contributed by atoms with E-state index in [1.165, 1.54) is 16.7 Å². The molecule has 23 heavy (non-hydrogen) atoms. The molecule has 0 spiro atoms. The number of nitrogens with one attached hydrogen (secondary N) is 1. The third-order valence-corrected chi connectivity index (χ3v) is 3.49. The molecule has 3 aromatic carbocycles. The van der Waals surface area contributed by atoms with Crippen LogP contribution in [0.4, 0.5) is 5.69 Å². The fraction of sp³-hybridized carbons (Fsp3) is 0.0476. The molecule has 0 aliphatic rings. The summed E-state index contributed by atoms with van der Waals surface area (Å²) in [6.07, 6.45) is 2.23. The van der Waals surface area contributed by atoms with Crippen LogP contribution in [0.25, 0.3) is 11.6 Å². The van der Waals surface area contributed by atoms with E-state index in [-0.39, 0.29) is 16.8 Å². The van der Waals surface area contributed by atoms with Gasteiger partial charge in [0.1, 0.15) is 0 Å². The summed E-state index contributed by atoms with van der Waals surface area (Å²) in [4.78, 5) is 0. The Balaban J connectivity index is 0.00000192. The van der Waals surface area contributed by atoms with Gasteiger partial charge in [0.05, 0.1) is 0 Å².